The van der Waals surface area contributed by atoms with E-state index in [0.29, 0.717) is 6.04 Å². The Morgan fingerprint density at radius 3 is 2.67 bits per heavy atom. The van der Waals surface area contributed by atoms with Crippen molar-refractivity contribution in [2.24, 2.45) is 0 Å². The number of hydrogen-bond donors (Lipinski definition) is 1. The van der Waals surface area contributed by atoms with Crippen molar-refractivity contribution < 1.29 is 4.74 Å². The van der Waals surface area contributed by atoms with Crippen LogP contribution in [0, 0.1) is 0 Å². The highest BCUT2D eigenvalue weighted by Gasteiger charge is 1.91. The third kappa shape index (κ3) is 10.3. The molecule has 0 aliphatic carbocycles. The van der Waals surface area contributed by atoms with Crippen molar-refractivity contribution in [2.75, 3.05) is 31.3 Å². The van der Waals surface area contributed by atoms with Gasteiger partial charge >= 0.3 is 0 Å². The average Bonchev–Trinajstić information content (AvgIpc) is 2.02. The normalized spacial score (nSPS) is 11.0. The van der Waals surface area contributed by atoms with Gasteiger partial charge in [0.2, 0.25) is 0 Å². The molecule has 0 rings (SSSR count). The average molecular weight is 191 g/mol. The van der Waals surface area contributed by atoms with E-state index in [1.165, 1.54) is 5.75 Å². The molecular formula is C9H21NOS. The Morgan fingerprint density at radius 1 is 1.33 bits per heavy atom. The van der Waals surface area contributed by atoms with E-state index in [1.54, 1.807) is 0 Å². The summed E-state index contributed by atoms with van der Waals surface area (Å²) in [6.45, 7) is 9.15. The summed E-state index contributed by atoms with van der Waals surface area (Å²) >= 11 is 1.93. The monoisotopic (exact) mass is 191 g/mol. The summed E-state index contributed by atoms with van der Waals surface area (Å²) in [6, 6.07) is 0.568. The van der Waals surface area contributed by atoms with Gasteiger partial charge in [-0.05, 0) is 5.75 Å². The Morgan fingerprint density at radius 2 is 2.08 bits per heavy atom. The maximum atomic E-state index is 5.40. The van der Waals surface area contributed by atoms with Gasteiger partial charge in [0.15, 0.2) is 0 Å². The molecule has 0 radical (unpaired) electrons. The van der Waals surface area contributed by atoms with Gasteiger partial charge in [0.25, 0.3) is 0 Å². The van der Waals surface area contributed by atoms with Gasteiger partial charge in [-0.25, -0.2) is 0 Å². The second-order valence-corrected chi connectivity index (χ2v) is 4.31. The number of nitrogens with one attached hydrogen (secondary N) is 1. The van der Waals surface area contributed by atoms with Crippen molar-refractivity contribution in [3.05, 3.63) is 0 Å². The maximum absolute atomic E-state index is 5.40. The van der Waals surface area contributed by atoms with Crippen molar-refractivity contribution in [2.45, 2.75) is 26.8 Å². The van der Waals surface area contributed by atoms with Gasteiger partial charge in [-0.2, -0.15) is 11.8 Å². The second-order valence-electron chi connectivity index (χ2n) is 2.92. The molecule has 0 aliphatic rings. The van der Waals surface area contributed by atoms with E-state index in [2.05, 4.69) is 26.1 Å². The molecule has 1 N–H and O–H groups in total. The highest BCUT2D eigenvalue weighted by molar-refractivity contribution is 7.99. The van der Waals surface area contributed by atoms with E-state index >= 15 is 0 Å². The van der Waals surface area contributed by atoms with E-state index in [0.717, 1.165) is 25.5 Å². The van der Waals surface area contributed by atoms with Crippen molar-refractivity contribution in [1.82, 2.24) is 5.32 Å². The summed E-state index contributed by atoms with van der Waals surface area (Å²) in [6.07, 6.45) is 0. The van der Waals surface area contributed by atoms with E-state index in [9.17, 15) is 0 Å². The molecule has 0 amide bonds. The van der Waals surface area contributed by atoms with Crippen LogP contribution in [0.4, 0.5) is 0 Å². The van der Waals surface area contributed by atoms with Crippen molar-refractivity contribution in [1.29, 1.82) is 0 Å². The predicted molar refractivity (Wildman–Crippen MR) is 57.0 cm³/mol. The zero-order valence-corrected chi connectivity index (χ0v) is 9.25. The lowest BCUT2D eigenvalue weighted by molar-refractivity contribution is 0.150. The molecular weight excluding hydrogens is 170 g/mol. The van der Waals surface area contributed by atoms with E-state index in [4.69, 9.17) is 4.74 Å². The minimum atomic E-state index is 0.568. The predicted octanol–water partition coefficient (Wildman–Crippen LogP) is 1.75. The molecule has 0 heterocycles. The number of hydrogen-bond acceptors (Lipinski definition) is 3. The lowest BCUT2D eigenvalue weighted by Crippen LogP contribution is -2.26. The molecule has 0 fully saturated rings. The smallest absolute Gasteiger partial charge is 0.0591 e. The first-order valence-corrected chi connectivity index (χ1v) is 5.81. The standard InChI is InChI=1S/C9H21NOS/c1-4-12-8-7-11-6-5-10-9(2)3/h9-10H,4-8H2,1-3H3. The molecule has 0 bridgehead atoms. The van der Waals surface area contributed by atoms with Gasteiger partial charge in [-0.3, -0.25) is 0 Å². The van der Waals surface area contributed by atoms with Crippen molar-refractivity contribution in [3.8, 4) is 0 Å². The molecule has 2 nitrogen and oxygen atoms in total. The molecule has 0 spiro atoms. The van der Waals surface area contributed by atoms with Gasteiger partial charge in [0, 0.05) is 18.3 Å². The molecule has 0 aromatic rings. The first-order valence-electron chi connectivity index (χ1n) is 4.66. The molecule has 0 aliphatic heterocycles. The van der Waals surface area contributed by atoms with Crippen LogP contribution in [-0.4, -0.2) is 37.3 Å². The minimum Gasteiger partial charge on any atom is -0.379 e. The largest absolute Gasteiger partial charge is 0.379 e. The Labute approximate surface area is 80.4 Å². The van der Waals surface area contributed by atoms with Crippen molar-refractivity contribution >= 4 is 11.8 Å². The molecule has 0 atom stereocenters. The zero-order chi connectivity index (χ0) is 9.23. The van der Waals surface area contributed by atoms with Gasteiger partial charge in [0.05, 0.1) is 13.2 Å². The topological polar surface area (TPSA) is 21.3 Å². The highest BCUT2D eigenvalue weighted by atomic mass is 32.2. The number of rotatable bonds is 8. The van der Waals surface area contributed by atoms with Crippen molar-refractivity contribution in [3.63, 3.8) is 0 Å². The van der Waals surface area contributed by atoms with Gasteiger partial charge < -0.3 is 10.1 Å². The van der Waals surface area contributed by atoms with Crippen LogP contribution in [0.3, 0.4) is 0 Å². The number of ether oxygens (including phenoxy) is 1. The Kier molecular flexibility index (Phi) is 9.57. The molecule has 74 valence electrons. The summed E-state index contributed by atoms with van der Waals surface area (Å²) in [5.41, 5.74) is 0. The maximum Gasteiger partial charge on any atom is 0.0591 e. The number of thioether (sulfide) groups is 1. The fourth-order valence-corrected chi connectivity index (χ4v) is 1.31. The molecule has 3 heteroatoms. The third-order valence-corrected chi connectivity index (χ3v) is 2.24. The van der Waals surface area contributed by atoms with Crippen LogP contribution in [-0.2, 0) is 4.74 Å². The fourth-order valence-electron chi connectivity index (χ4n) is 0.784. The molecule has 0 aromatic carbocycles. The molecule has 0 saturated carbocycles. The highest BCUT2D eigenvalue weighted by Crippen LogP contribution is 1.96. The van der Waals surface area contributed by atoms with Crippen LogP contribution < -0.4 is 5.32 Å². The molecule has 12 heavy (non-hydrogen) atoms. The first-order chi connectivity index (χ1) is 5.77. The Hall–Kier alpha value is 0.270. The summed E-state index contributed by atoms with van der Waals surface area (Å²) in [5.74, 6) is 2.31. The molecule has 0 saturated heterocycles. The summed E-state index contributed by atoms with van der Waals surface area (Å²) in [7, 11) is 0. The third-order valence-electron chi connectivity index (χ3n) is 1.38. The van der Waals surface area contributed by atoms with Crippen LogP contribution in [0.5, 0.6) is 0 Å². The van der Waals surface area contributed by atoms with Crippen LogP contribution in [0.25, 0.3) is 0 Å². The van der Waals surface area contributed by atoms with Crippen LogP contribution in [0.2, 0.25) is 0 Å². The van der Waals surface area contributed by atoms with Gasteiger partial charge in [-0.1, -0.05) is 20.8 Å². The second kappa shape index (κ2) is 9.36. The summed E-state index contributed by atoms with van der Waals surface area (Å²) in [5, 5.41) is 3.30. The van der Waals surface area contributed by atoms with Gasteiger partial charge in [-0.15, -0.1) is 0 Å². The van der Waals surface area contributed by atoms with E-state index < -0.39 is 0 Å². The quantitative estimate of drug-likeness (QED) is 0.591. The molecule has 0 aromatic heterocycles. The molecule has 0 unspecified atom stereocenters. The SMILES string of the molecule is CCSCCOCCNC(C)C. The minimum absolute atomic E-state index is 0.568. The van der Waals surface area contributed by atoms with Crippen LogP contribution >= 0.6 is 11.8 Å². The zero-order valence-electron chi connectivity index (χ0n) is 8.43. The Bertz CT molecular complexity index is 88.6. The fraction of sp³-hybridized carbons (Fsp3) is 1.00. The summed E-state index contributed by atoms with van der Waals surface area (Å²) in [4.78, 5) is 0. The van der Waals surface area contributed by atoms with E-state index in [1.807, 2.05) is 11.8 Å². The van der Waals surface area contributed by atoms with E-state index in [-0.39, 0.29) is 0 Å². The van der Waals surface area contributed by atoms with Gasteiger partial charge in [0.1, 0.15) is 0 Å². The van der Waals surface area contributed by atoms with Crippen LogP contribution in [0.15, 0.2) is 0 Å². The first kappa shape index (κ1) is 12.3. The Balaban J connectivity index is 2.82. The van der Waals surface area contributed by atoms with Crippen LogP contribution in [0.1, 0.15) is 20.8 Å². The summed E-state index contributed by atoms with van der Waals surface area (Å²) < 4.78 is 5.40. The lowest BCUT2D eigenvalue weighted by Gasteiger charge is -2.07. The lowest BCUT2D eigenvalue weighted by atomic mass is 10.4.